The van der Waals surface area contributed by atoms with Crippen molar-refractivity contribution in [1.82, 2.24) is 14.5 Å². The van der Waals surface area contributed by atoms with Crippen LogP contribution >= 0.6 is 0 Å². The Morgan fingerprint density at radius 2 is 1.23 bits per heavy atom. The highest BCUT2D eigenvalue weighted by atomic mass is 28.3. The Bertz CT molecular complexity index is 2690. The Balaban J connectivity index is 1.23. The minimum Gasteiger partial charge on any atom is -0.457 e. The Labute approximate surface area is 302 Å². The van der Waals surface area contributed by atoms with Gasteiger partial charge in [-0.2, -0.15) is 0 Å². The van der Waals surface area contributed by atoms with Gasteiger partial charge >= 0.3 is 0 Å². The third kappa shape index (κ3) is 4.69. The number of pyridine rings is 2. The number of ether oxygens (including phenoxy) is 2. The molecule has 5 nitrogen and oxygen atoms in total. The minimum absolute atomic E-state index is 0.725. The Kier molecular flexibility index (Phi) is 7.08. The van der Waals surface area contributed by atoms with Gasteiger partial charge in [-0.05, 0) is 81.4 Å². The molecule has 0 bridgehead atoms. The fourth-order valence-corrected chi connectivity index (χ4v) is 12.9. The first-order chi connectivity index (χ1) is 25.8. The summed E-state index contributed by atoms with van der Waals surface area (Å²) < 4.78 is 15.9. The molecule has 52 heavy (non-hydrogen) atoms. The summed E-state index contributed by atoms with van der Waals surface area (Å²) in [5.74, 6) is 4.08. The van der Waals surface area contributed by atoms with Gasteiger partial charge in [0.2, 0.25) is 0 Å². The fraction of sp³-hybridized carbons (Fsp3) is 0. The molecule has 0 amide bonds. The summed E-state index contributed by atoms with van der Waals surface area (Å²) in [4.78, 5) is 9.37. The van der Waals surface area contributed by atoms with Crippen molar-refractivity contribution in [2.24, 2.45) is 0 Å². The van der Waals surface area contributed by atoms with Crippen LogP contribution in [-0.2, 0) is 0 Å². The van der Waals surface area contributed by atoms with E-state index in [9.17, 15) is 0 Å². The van der Waals surface area contributed by atoms with Crippen molar-refractivity contribution < 1.29 is 9.47 Å². The quantitative estimate of drug-likeness (QED) is 0.165. The van der Waals surface area contributed by atoms with Gasteiger partial charge in [0, 0.05) is 29.4 Å². The SMILES string of the molecule is c1ccc([Si]2(c3ccccc3)c3ccccc3Oc3c2ccc2c3c3ccc(Oc4cccc(-c5ccccn5)c4)cc3n2-c2ccccn2)cc1. The van der Waals surface area contributed by atoms with E-state index in [1.165, 1.54) is 20.7 Å². The fourth-order valence-electron chi connectivity index (χ4n) is 7.93. The predicted octanol–water partition coefficient (Wildman–Crippen LogP) is 8.52. The molecule has 10 rings (SSSR count). The lowest BCUT2D eigenvalue weighted by Crippen LogP contribution is -2.76. The Morgan fingerprint density at radius 1 is 0.519 bits per heavy atom. The Hall–Kier alpha value is -6.76. The topological polar surface area (TPSA) is 49.2 Å². The molecule has 0 N–H and O–H groups in total. The number of fused-ring (bicyclic) bond motifs is 6. The normalized spacial score (nSPS) is 12.9. The molecule has 0 fully saturated rings. The highest BCUT2D eigenvalue weighted by Gasteiger charge is 2.48. The first-order valence-electron chi connectivity index (χ1n) is 17.4. The van der Waals surface area contributed by atoms with Crippen molar-refractivity contribution in [3.8, 4) is 40.1 Å². The van der Waals surface area contributed by atoms with Gasteiger partial charge < -0.3 is 9.47 Å². The third-order valence-corrected chi connectivity index (χ3v) is 14.9. The maximum absolute atomic E-state index is 7.09. The van der Waals surface area contributed by atoms with Crippen LogP contribution in [0, 0.1) is 0 Å². The Morgan fingerprint density at radius 3 is 1.98 bits per heavy atom. The van der Waals surface area contributed by atoms with Crippen LogP contribution in [0.4, 0.5) is 0 Å². The molecule has 9 aromatic rings. The van der Waals surface area contributed by atoms with Crippen molar-refractivity contribution in [3.05, 3.63) is 188 Å². The summed E-state index contributed by atoms with van der Waals surface area (Å²) in [6.45, 7) is 0. The number of benzene rings is 6. The maximum atomic E-state index is 7.09. The molecular weight excluding hydrogens is 655 g/mol. The van der Waals surface area contributed by atoms with E-state index >= 15 is 0 Å². The molecular formula is C46H31N3O2Si. The predicted molar refractivity (Wildman–Crippen MR) is 212 cm³/mol. The monoisotopic (exact) mass is 685 g/mol. The van der Waals surface area contributed by atoms with Crippen LogP contribution in [0.1, 0.15) is 0 Å². The van der Waals surface area contributed by atoms with Gasteiger partial charge in [0.1, 0.15) is 28.8 Å². The van der Waals surface area contributed by atoms with Gasteiger partial charge in [0.25, 0.3) is 0 Å². The molecule has 0 radical (unpaired) electrons. The lowest BCUT2D eigenvalue weighted by atomic mass is 10.1. The van der Waals surface area contributed by atoms with Gasteiger partial charge in [-0.15, -0.1) is 0 Å². The molecule has 6 aromatic carbocycles. The average molecular weight is 686 g/mol. The van der Waals surface area contributed by atoms with Crippen LogP contribution in [0.5, 0.6) is 23.0 Å². The van der Waals surface area contributed by atoms with Crippen LogP contribution in [0.2, 0.25) is 0 Å². The summed E-state index contributed by atoms with van der Waals surface area (Å²) in [7, 11) is -2.83. The van der Waals surface area contributed by atoms with Crippen LogP contribution in [0.3, 0.4) is 0 Å². The number of rotatable bonds is 6. The molecule has 0 atom stereocenters. The van der Waals surface area contributed by atoms with Crippen molar-refractivity contribution in [2.75, 3.05) is 0 Å². The lowest BCUT2D eigenvalue weighted by Gasteiger charge is -2.39. The second-order valence-corrected chi connectivity index (χ2v) is 16.7. The molecule has 0 unspecified atom stereocenters. The van der Waals surface area contributed by atoms with Crippen molar-refractivity contribution in [1.29, 1.82) is 0 Å². The second kappa shape index (κ2) is 12.2. The van der Waals surface area contributed by atoms with Crippen molar-refractivity contribution in [3.63, 3.8) is 0 Å². The van der Waals surface area contributed by atoms with Gasteiger partial charge in [0.05, 0.1) is 22.1 Å². The van der Waals surface area contributed by atoms with Crippen molar-refractivity contribution >= 4 is 50.6 Å². The van der Waals surface area contributed by atoms with E-state index in [1.807, 2.05) is 72.9 Å². The second-order valence-electron chi connectivity index (χ2n) is 13.0. The average Bonchev–Trinajstić information content (AvgIpc) is 3.55. The maximum Gasteiger partial charge on any atom is 0.188 e. The molecule has 246 valence electrons. The number of hydrogen-bond donors (Lipinski definition) is 0. The van der Waals surface area contributed by atoms with Gasteiger partial charge in [-0.1, -0.05) is 109 Å². The summed E-state index contributed by atoms with van der Waals surface area (Å²) >= 11 is 0. The summed E-state index contributed by atoms with van der Waals surface area (Å²) in [6.07, 6.45) is 3.64. The van der Waals surface area contributed by atoms with Crippen LogP contribution < -0.4 is 30.2 Å². The first kappa shape index (κ1) is 30.1. The summed E-state index contributed by atoms with van der Waals surface area (Å²) in [5.41, 5.74) is 3.89. The largest absolute Gasteiger partial charge is 0.457 e. The summed E-state index contributed by atoms with van der Waals surface area (Å²) in [6, 6.07) is 61.4. The highest BCUT2D eigenvalue weighted by Crippen LogP contribution is 2.42. The van der Waals surface area contributed by atoms with E-state index in [4.69, 9.17) is 14.5 Å². The molecule has 0 saturated heterocycles. The molecule has 0 saturated carbocycles. The zero-order valence-electron chi connectivity index (χ0n) is 28.1. The van der Waals surface area contributed by atoms with E-state index in [2.05, 4.69) is 119 Å². The zero-order chi connectivity index (χ0) is 34.5. The first-order valence-corrected chi connectivity index (χ1v) is 19.4. The number of hydrogen-bond acceptors (Lipinski definition) is 4. The van der Waals surface area contributed by atoms with E-state index in [0.29, 0.717) is 0 Å². The van der Waals surface area contributed by atoms with E-state index in [1.54, 1.807) is 6.20 Å². The molecule has 6 heteroatoms. The highest BCUT2D eigenvalue weighted by molar-refractivity contribution is 7.20. The smallest absolute Gasteiger partial charge is 0.188 e. The van der Waals surface area contributed by atoms with E-state index < -0.39 is 8.07 Å². The van der Waals surface area contributed by atoms with Crippen LogP contribution in [0.25, 0.3) is 38.9 Å². The van der Waals surface area contributed by atoms with Crippen molar-refractivity contribution in [2.45, 2.75) is 0 Å². The molecule has 0 aliphatic carbocycles. The molecule has 4 heterocycles. The molecule has 1 aliphatic heterocycles. The van der Waals surface area contributed by atoms with Gasteiger partial charge in [0.15, 0.2) is 8.07 Å². The van der Waals surface area contributed by atoms with Gasteiger partial charge in [-0.3, -0.25) is 9.55 Å². The molecule has 1 aliphatic rings. The zero-order valence-corrected chi connectivity index (χ0v) is 29.1. The number of para-hydroxylation sites is 1. The molecule has 0 spiro atoms. The van der Waals surface area contributed by atoms with Crippen LogP contribution in [-0.4, -0.2) is 22.6 Å². The number of aromatic nitrogens is 3. The standard InChI is InChI=1S/C46H31N3O2Si/c1-3-16-35(17-4-1)52(36-18-5-2-6-19-36)42-22-8-7-21-41(42)51-46-43(52)27-26-39-45(46)37-25-24-34(31-40(37)49(39)44-23-10-12-29-48-44)50-33-15-13-14-32(30-33)38-20-9-11-28-47-38/h1-31H. The minimum atomic E-state index is -2.83. The van der Waals surface area contributed by atoms with E-state index in [0.717, 1.165) is 61.9 Å². The number of nitrogens with zero attached hydrogens (tertiary/aromatic N) is 3. The molecule has 3 aromatic heterocycles. The lowest BCUT2D eigenvalue weighted by molar-refractivity contribution is 0.483. The van der Waals surface area contributed by atoms with E-state index in [-0.39, 0.29) is 0 Å². The third-order valence-electron chi connectivity index (χ3n) is 10.1. The van der Waals surface area contributed by atoms with Gasteiger partial charge in [-0.25, -0.2) is 4.98 Å². The van der Waals surface area contributed by atoms with Crippen LogP contribution in [0.15, 0.2) is 188 Å². The summed E-state index contributed by atoms with van der Waals surface area (Å²) in [5, 5.41) is 7.22.